The SMILES string of the molecule is C1CC(C2CCC(CC3CCC(C4CCCC4)C3)CC2)C1. The van der Waals surface area contributed by atoms with Gasteiger partial charge in [0.1, 0.15) is 0 Å². The molecule has 0 saturated heterocycles. The van der Waals surface area contributed by atoms with Crippen LogP contribution in [0.2, 0.25) is 0 Å². The summed E-state index contributed by atoms with van der Waals surface area (Å²) in [5.41, 5.74) is 0. The monoisotopic (exact) mass is 288 g/mol. The predicted molar refractivity (Wildman–Crippen MR) is 90.2 cm³/mol. The van der Waals surface area contributed by atoms with Crippen molar-refractivity contribution in [1.82, 2.24) is 0 Å². The first kappa shape index (κ1) is 14.6. The molecule has 0 nitrogen and oxygen atoms in total. The van der Waals surface area contributed by atoms with Gasteiger partial charge in [-0.3, -0.25) is 0 Å². The second kappa shape index (κ2) is 6.63. The van der Waals surface area contributed by atoms with Gasteiger partial charge in [-0.15, -0.1) is 0 Å². The molecule has 0 radical (unpaired) electrons. The summed E-state index contributed by atoms with van der Waals surface area (Å²) in [6.07, 6.45) is 23.7. The molecule has 0 aromatic heterocycles. The molecule has 2 atom stereocenters. The lowest BCUT2D eigenvalue weighted by molar-refractivity contribution is 0.129. The molecule has 0 spiro atoms. The van der Waals surface area contributed by atoms with Crippen LogP contribution < -0.4 is 0 Å². The number of hydrogen-bond acceptors (Lipinski definition) is 0. The maximum Gasteiger partial charge on any atom is -0.0383 e. The van der Waals surface area contributed by atoms with Gasteiger partial charge >= 0.3 is 0 Å². The van der Waals surface area contributed by atoms with Crippen LogP contribution >= 0.6 is 0 Å². The molecule has 0 aromatic carbocycles. The van der Waals surface area contributed by atoms with Crippen LogP contribution in [-0.2, 0) is 0 Å². The van der Waals surface area contributed by atoms with Crippen molar-refractivity contribution in [3.05, 3.63) is 0 Å². The van der Waals surface area contributed by atoms with Crippen molar-refractivity contribution in [2.45, 2.75) is 96.3 Å². The molecular weight excluding hydrogens is 252 g/mol. The molecule has 4 saturated carbocycles. The minimum Gasteiger partial charge on any atom is -0.0530 e. The van der Waals surface area contributed by atoms with E-state index in [0.717, 1.165) is 35.5 Å². The molecule has 4 fully saturated rings. The molecule has 2 unspecified atom stereocenters. The van der Waals surface area contributed by atoms with Crippen molar-refractivity contribution in [2.75, 3.05) is 0 Å². The third kappa shape index (κ3) is 3.35. The average Bonchev–Trinajstić information content (AvgIpc) is 3.09. The van der Waals surface area contributed by atoms with E-state index >= 15 is 0 Å². The fraction of sp³-hybridized carbons (Fsp3) is 1.00. The minimum absolute atomic E-state index is 1.12. The molecule has 0 N–H and O–H groups in total. The van der Waals surface area contributed by atoms with E-state index < -0.39 is 0 Å². The second-order valence-electron chi connectivity index (χ2n) is 9.19. The topological polar surface area (TPSA) is 0 Å². The van der Waals surface area contributed by atoms with E-state index in [-0.39, 0.29) is 0 Å². The maximum atomic E-state index is 1.62. The first-order chi connectivity index (χ1) is 10.4. The second-order valence-corrected chi connectivity index (χ2v) is 9.19. The van der Waals surface area contributed by atoms with Crippen LogP contribution in [0.1, 0.15) is 96.3 Å². The Labute approximate surface area is 132 Å². The molecule has 120 valence electrons. The standard InChI is InChI=1S/C21H36/c1-2-5-19(4-1)21-13-10-17(15-21)14-16-8-11-20(12-9-16)18-6-3-7-18/h16-21H,1-15H2. The van der Waals surface area contributed by atoms with Crippen molar-refractivity contribution in [2.24, 2.45) is 35.5 Å². The van der Waals surface area contributed by atoms with Crippen molar-refractivity contribution in [3.63, 3.8) is 0 Å². The lowest BCUT2D eigenvalue weighted by atomic mass is 9.67. The van der Waals surface area contributed by atoms with Gasteiger partial charge in [0.2, 0.25) is 0 Å². The Morgan fingerprint density at radius 1 is 0.429 bits per heavy atom. The highest BCUT2D eigenvalue weighted by Gasteiger charge is 2.35. The minimum atomic E-state index is 1.12. The largest absolute Gasteiger partial charge is 0.0530 e. The number of hydrogen-bond donors (Lipinski definition) is 0. The van der Waals surface area contributed by atoms with Crippen LogP contribution in [0.25, 0.3) is 0 Å². The molecule has 21 heavy (non-hydrogen) atoms. The van der Waals surface area contributed by atoms with Gasteiger partial charge in [0, 0.05) is 0 Å². The molecule has 0 amide bonds. The van der Waals surface area contributed by atoms with Gasteiger partial charge in [-0.05, 0) is 67.6 Å². The lowest BCUT2D eigenvalue weighted by Gasteiger charge is -2.39. The molecule has 0 heteroatoms. The summed E-state index contributed by atoms with van der Waals surface area (Å²) in [6.45, 7) is 0. The van der Waals surface area contributed by atoms with E-state index in [1.165, 1.54) is 19.3 Å². The van der Waals surface area contributed by atoms with Gasteiger partial charge in [-0.2, -0.15) is 0 Å². The fourth-order valence-corrected chi connectivity index (χ4v) is 6.46. The highest BCUT2D eigenvalue weighted by atomic mass is 14.4. The van der Waals surface area contributed by atoms with E-state index in [2.05, 4.69) is 0 Å². The summed E-state index contributed by atoms with van der Waals surface area (Å²) < 4.78 is 0. The molecule has 0 heterocycles. The molecule has 0 aromatic rings. The van der Waals surface area contributed by atoms with Gasteiger partial charge in [-0.1, -0.05) is 64.2 Å². The molecule has 4 rings (SSSR count). The van der Waals surface area contributed by atoms with E-state index in [1.54, 1.807) is 77.0 Å². The lowest BCUT2D eigenvalue weighted by Crippen LogP contribution is -2.27. The van der Waals surface area contributed by atoms with E-state index in [9.17, 15) is 0 Å². The van der Waals surface area contributed by atoms with Crippen LogP contribution in [0.3, 0.4) is 0 Å². The van der Waals surface area contributed by atoms with Crippen LogP contribution in [0.5, 0.6) is 0 Å². The van der Waals surface area contributed by atoms with Crippen LogP contribution in [0.15, 0.2) is 0 Å². The Morgan fingerprint density at radius 2 is 0.952 bits per heavy atom. The molecular formula is C21H36. The predicted octanol–water partition coefficient (Wildman–Crippen LogP) is 6.59. The van der Waals surface area contributed by atoms with Crippen molar-refractivity contribution < 1.29 is 0 Å². The third-order valence-electron chi connectivity index (χ3n) is 8.02. The summed E-state index contributed by atoms with van der Waals surface area (Å²) in [4.78, 5) is 0. The molecule has 0 aliphatic heterocycles. The normalized spacial score (nSPS) is 42.3. The Kier molecular flexibility index (Phi) is 4.60. The van der Waals surface area contributed by atoms with Gasteiger partial charge < -0.3 is 0 Å². The number of rotatable bonds is 4. The van der Waals surface area contributed by atoms with Crippen molar-refractivity contribution in [1.29, 1.82) is 0 Å². The Balaban J connectivity index is 1.19. The zero-order chi connectivity index (χ0) is 14.1. The summed E-state index contributed by atoms with van der Waals surface area (Å²) in [6, 6.07) is 0. The summed E-state index contributed by atoms with van der Waals surface area (Å²) in [7, 11) is 0. The third-order valence-corrected chi connectivity index (χ3v) is 8.02. The van der Waals surface area contributed by atoms with Gasteiger partial charge in [-0.25, -0.2) is 0 Å². The highest BCUT2D eigenvalue weighted by molar-refractivity contribution is 4.87. The van der Waals surface area contributed by atoms with E-state index in [1.807, 2.05) is 0 Å². The molecule has 0 bridgehead atoms. The fourth-order valence-electron chi connectivity index (χ4n) is 6.46. The average molecular weight is 289 g/mol. The quantitative estimate of drug-likeness (QED) is 0.547. The van der Waals surface area contributed by atoms with Crippen LogP contribution in [0, 0.1) is 35.5 Å². The molecule has 4 aliphatic carbocycles. The molecule has 4 aliphatic rings. The summed E-state index contributed by atoms with van der Waals surface area (Å²) in [5.74, 6) is 6.83. The van der Waals surface area contributed by atoms with E-state index in [4.69, 9.17) is 0 Å². The smallest absolute Gasteiger partial charge is 0.0383 e. The van der Waals surface area contributed by atoms with Crippen molar-refractivity contribution in [3.8, 4) is 0 Å². The Bertz CT molecular complexity index is 315. The van der Waals surface area contributed by atoms with Crippen LogP contribution in [0.4, 0.5) is 0 Å². The maximum absolute atomic E-state index is 1.62. The van der Waals surface area contributed by atoms with Crippen LogP contribution in [-0.4, -0.2) is 0 Å². The zero-order valence-corrected chi connectivity index (χ0v) is 14.1. The Hall–Kier alpha value is 0. The first-order valence-corrected chi connectivity index (χ1v) is 10.4. The van der Waals surface area contributed by atoms with Gasteiger partial charge in [0.05, 0.1) is 0 Å². The van der Waals surface area contributed by atoms with Gasteiger partial charge in [0.25, 0.3) is 0 Å². The van der Waals surface area contributed by atoms with Crippen molar-refractivity contribution >= 4 is 0 Å². The highest BCUT2D eigenvalue weighted by Crippen LogP contribution is 2.47. The Morgan fingerprint density at radius 3 is 1.62 bits per heavy atom. The van der Waals surface area contributed by atoms with E-state index in [0.29, 0.717) is 0 Å². The summed E-state index contributed by atoms with van der Waals surface area (Å²) >= 11 is 0. The summed E-state index contributed by atoms with van der Waals surface area (Å²) in [5, 5.41) is 0. The zero-order valence-electron chi connectivity index (χ0n) is 14.1. The van der Waals surface area contributed by atoms with Gasteiger partial charge in [0.15, 0.2) is 0 Å². The first-order valence-electron chi connectivity index (χ1n) is 10.4.